The van der Waals surface area contributed by atoms with E-state index in [1.165, 1.54) is 22.6 Å². The first kappa shape index (κ1) is 14.8. The van der Waals surface area contributed by atoms with Gasteiger partial charge in [0.25, 0.3) is 0 Å². The molecule has 8 heteroatoms. The third kappa shape index (κ3) is 3.05. The third-order valence-electron chi connectivity index (χ3n) is 3.70. The molecule has 0 bridgehead atoms. The van der Waals surface area contributed by atoms with E-state index in [0.29, 0.717) is 11.6 Å². The van der Waals surface area contributed by atoms with Gasteiger partial charge in [-0.05, 0) is 24.1 Å². The molecule has 2 heterocycles. The Morgan fingerprint density at radius 1 is 1.45 bits per heavy atom. The van der Waals surface area contributed by atoms with Crippen molar-refractivity contribution in [1.29, 1.82) is 0 Å². The van der Waals surface area contributed by atoms with E-state index >= 15 is 0 Å². The summed E-state index contributed by atoms with van der Waals surface area (Å²) in [5, 5.41) is 25.4. The maximum atomic E-state index is 10.6. The van der Waals surface area contributed by atoms with Crippen LogP contribution in [0.5, 0.6) is 0 Å². The van der Waals surface area contributed by atoms with E-state index in [1.54, 1.807) is 0 Å². The molecule has 0 spiro atoms. The molecule has 1 N–H and O–H groups in total. The van der Waals surface area contributed by atoms with Crippen LogP contribution < -0.4 is 4.90 Å². The van der Waals surface area contributed by atoms with Crippen LogP contribution in [0.4, 0.5) is 11.4 Å². The van der Waals surface area contributed by atoms with Gasteiger partial charge in [-0.3, -0.25) is 14.8 Å². The van der Waals surface area contributed by atoms with E-state index in [1.807, 2.05) is 18.2 Å². The molecule has 0 fully saturated rings. The van der Waals surface area contributed by atoms with Crippen molar-refractivity contribution in [3.63, 3.8) is 0 Å². The lowest BCUT2D eigenvalue weighted by Gasteiger charge is -2.23. The highest BCUT2D eigenvalue weighted by molar-refractivity contribution is 6.30. The fourth-order valence-electron chi connectivity index (χ4n) is 2.68. The van der Waals surface area contributed by atoms with Crippen LogP contribution in [-0.2, 0) is 13.0 Å². The fourth-order valence-corrected chi connectivity index (χ4v) is 2.85. The lowest BCUT2D eigenvalue weighted by Crippen LogP contribution is -2.33. The highest BCUT2D eigenvalue weighted by Gasteiger charge is 2.22. The summed E-state index contributed by atoms with van der Waals surface area (Å²) >= 11 is 6.02. The van der Waals surface area contributed by atoms with Crippen molar-refractivity contribution in [2.75, 3.05) is 18.0 Å². The number of fused-ring (bicyclic) bond motifs is 1. The quantitative estimate of drug-likeness (QED) is 0.671. The maximum absolute atomic E-state index is 10.6. The predicted octanol–water partition coefficient (Wildman–Crippen LogP) is 1.87. The highest BCUT2D eigenvalue weighted by Crippen LogP contribution is 2.30. The van der Waals surface area contributed by atoms with Crippen molar-refractivity contribution >= 4 is 23.0 Å². The third-order valence-corrected chi connectivity index (χ3v) is 3.93. The molecule has 116 valence electrons. The molecule has 22 heavy (non-hydrogen) atoms. The van der Waals surface area contributed by atoms with Gasteiger partial charge in [-0.2, -0.15) is 5.10 Å². The summed E-state index contributed by atoms with van der Waals surface area (Å²) < 4.78 is 1.39. The van der Waals surface area contributed by atoms with Crippen molar-refractivity contribution < 1.29 is 10.0 Å². The van der Waals surface area contributed by atoms with E-state index in [2.05, 4.69) is 10.00 Å². The van der Waals surface area contributed by atoms with Crippen molar-refractivity contribution in [1.82, 2.24) is 9.78 Å². The summed E-state index contributed by atoms with van der Waals surface area (Å²) in [4.78, 5) is 12.2. The van der Waals surface area contributed by atoms with E-state index in [9.17, 15) is 15.2 Å². The van der Waals surface area contributed by atoms with Crippen molar-refractivity contribution in [3.05, 3.63) is 51.3 Å². The SMILES string of the molecule is O=[N+]([O-])c1cnn(CC(O)CN2CCc3ccc(Cl)cc32)c1. The van der Waals surface area contributed by atoms with Crippen LogP contribution in [-0.4, -0.2) is 39.0 Å². The molecule has 0 saturated heterocycles. The van der Waals surface area contributed by atoms with Crippen molar-refractivity contribution in [2.24, 2.45) is 0 Å². The molecule has 1 aliphatic heterocycles. The smallest absolute Gasteiger partial charge is 0.306 e. The zero-order valence-corrected chi connectivity index (χ0v) is 12.5. The lowest BCUT2D eigenvalue weighted by atomic mass is 10.2. The van der Waals surface area contributed by atoms with Gasteiger partial charge < -0.3 is 10.0 Å². The molecule has 2 aromatic rings. The molecular formula is C14H15ClN4O3. The molecule has 1 aromatic carbocycles. The molecule has 1 unspecified atom stereocenters. The highest BCUT2D eigenvalue weighted by atomic mass is 35.5. The van der Waals surface area contributed by atoms with Gasteiger partial charge in [0.05, 0.1) is 17.6 Å². The van der Waals surface area contributed by atoms with Gasteiger partial charge in [0.15, 0.2) is 0 Å². The second-order valence-electron chi connectivity index (χ2n) is 5.30. The van der Waals surface area contributed by atoms with E-state index in [-0.39, 0.29) is 12.2 Å². The van der Waals surface area contributed by atoms with E-state index < -0.39 is 11.0 Å². The van der Waals surface area contributed by atoms with Crippen LogP contribution >= 0.6 is 11.6 Å². The number of nitro groups is 1. The minimum Gasteiger partial charge on any atom is -0.389 e. The average Bonchev–Trinajstić information content (AvgIpc) is 3.07. The number of β-amino-alcohol motifs (C(OH)–C–C–N with tert-alkyl or cyclic N) is 1. The second-order valence-corrected chi connectivity index (χ2v) is 5.74. The molecule has 0 saturated carbocycles. The molecular weight excluding hydrogens is 308 g/mol. The number of hydrogen-bond acceptors (Lipinski definition) is 5. The Morgan fingerprint density at radius 2 is 2.27 bits per heavy atom. The van der Waals surface area contributed by atoms with Crippen molar-refractivity contribution in [3.8, 4) is 0 Å². The number of hydrogen-bond donors (Lipinski definition) is 1. The van der Waals surface area contributed by atoms with Gasteiger partial charge in [0.1, 0.15) is 12.4 Å². The van der Waals surface area contributed by atoms with Gasteiger partial charge in [-0.15, -0.1) is 0 Å². The Bertz CT molecular complexity index is 703. The zero-order valence-electron chi connectivity index (χ0n) is 11.7. The Balaban J connectivity index is 1.64. The number of aliphatic hydroxyl groups is 1. The predicted molar refractivity (Wildman–Crippen MR) is 82.3 cm³/mol. The van der Waals surface area contributed by atoms with Crippen LogP contribution in [0.2, 0.25) is 5.02 Å². The van der Waals surface area contributed by atoms with Crippen LogP contribution in [0, 0.1) is 10.1 Å². The molecule has 7 nitrogen and oxygen atoms in total. The van der Waals surface area contributed by atoms with E-state index in [4.69, 9.17) is 11.6 Å². The number of aliphatic hydroxyl groups excluding tert-OH is 1. The first-order chi connectivity index (χ1) is 10.5. The fraction of sp³-hybridized carbons (Fsp3) is 0.357. The maximum Gasteiger partial charge on any atom is 0.306 e. The molecule has 1 atom stereocenters. The Kier molecular flexibility index (Phi) is 4.00. The standard InChI is InChI=1S/C14H15ClN4O3/c15-11-2-1-10-3-4-17(14(10)5-11)8-13(20)9-18-7-12(6-16-18)19(21)22/h1-2,5-7,13,20H,3-4,8-9H2. The van der Waals surface area contributed by atoms with Gasteiger partial charge in [-0.1, -0.05) is 17.7 Å². The average molecular weight is 323 g/mol. The van der Waals surface area contributed by atoms with Crippen LogP contribution in [0.3, 0.4) is 0 Å². The molecule has 0 aliphatic carbocycles. The Labute approximate surface area is 131 Å². The zero-order chi connectivity index (χ0) is 15.7. The number of benzene rings is 1. The number of aromatic nitrogens is 2. The van der Waals surface area contributed by atoms with Crippen LogP contribution in [0.15, 0.2) is 30.6 Å². The first-order valence-corrected chi connectivity index (χ1v) is 7.29. The second kappa shape index (κ2) is 5.94. The Hall–Kier alpha value is -2.12. The van der Waals surface area contributed by atoms with Gasteiger partial charge in [-0.25, -0.2) is 0 Å². The summed E-state index contributed by atoms with van der Waals surface area (Å²) in [6, 6.07) is 5.76. The summed E-state index contributed by atoms with van der Waals surface area (Å²) in [5.74, 6) is 0. The molecule has 1 aromatic heterocycles. The van der Waals surface area contributed by atoms with Crippen LogP contribution in [0.1, 0.15) is 5.56 Å². The number of nitrogens with zero attached hydrogens (tertiary/aromatic N) is 4. The summed E-state index contributed by atoms with van der Waals surface area (Å²) in [5.41, 5.74) is 2.18. The minimum absolute atomic E-state index is 0.0782. The van der Waals surface area contributed by atoms with Gasteiger partial charge in [0, 0.05) is 23.8 Å². The monoisotopic (exact) mass is 322 g/mol. The molecule has 3 rings (SSSR count). The van der Waals surface area contributed by atoms with Crippen molar-refractivity contribution in [2.45, 2.75) is 19.1 Å². The largest absolute Gasteiger partial charge is 0.389 e. The molecule has 0 amide bonds. The lowest BCUT2D eigenvalue weighted by molar-refractivity contribution is -0.385. The molecule has 1 aliphatic rings. The number of rotatable bonds is 5. The van der Waals surface area contributed by atoms with Crippen LogP contribution in [0.25, 0.3) is 0 Å². The van der Waals surface area contributed by atoms with Gasteiger partial charge >= 0.3 is 5.69 Å². The number of halogens is 1. The summed E-state index contributed by atoms with van der Waals surface area (Å²) in [7, 11) is 0. The number of anilines is 1. The first-order valence-electron chi connectivity index (χ1n) is 6.91. The van der Waals surface area contributed by atoms with Gasteiger partial charge in [0.2, 0.25) is 0 Å². The minimum atomic E-state index is -0.676. The molecule has 0 radical (unpaired) electrons. The normalized spacial score (nSPS) is 14.9. The topological polar surface area (TPSA) is 84.4 Å². The Morgan fingerprint density at radius 3 is 3.00 bits per heavy atom. The summed E-state index contributed by atoms with van der Waals surface area (Å²) in [6.07, 6.45) is 2.74. The van der Waals surface area contributed by atoms with E-state index in [0.717, 1.165) is 18.7 Å². The summed E-state index contributed by atoms with van der Waals surface area (Å²) in [6.45, 7) is 1.47.